The van der Waals surface area contributed by atoms with Gasteiger partial charge in [-0.1, -0.05) is 35.4 Å². The Hall–Kier alpha value is -1.30. The van der Waals surface area contributed by atoms with Crippen molar-refractivity contribution in [1.82, 2.24) is 9.78 Å². The van der Waals surface area contributed by atoms with Gasteiger partial charge in [-0.25, -0.2) is 4.68 Å². The summed E-state index contributed by atoms with van der Waals surface area (Å²) in [4.78, 5) is 0.210. The molecule has 94 valence electrons. The second kappa shape index (κ2) is 4.76. The van der Waals surface area contributed by atoms with Crippen LogP contribution >= 0.6 is 35.4 Å². The molecule has 4 N–H and O–H groups in total. The van der Waals surface area contributed by atoms with Gasteiger partial charge in [-0.15, -0.1) is 0 Å². The lowest BCUT2D eigenvalue weighted by Crippen LogP contribution is -2.13. The summed E-state index contributed by atoms with van der Waals surface area (Å²) in [5.41, 5.74) is 13.5. The molecule has 1 aromatic carbocycles. The van der Waals surface area contributed by atoms with Crippen molar-refractivity contribution in [3.63, 3.8) is 0 Å². The average molecular weight is 301 g/mol. The monoisotopic (exact) mass is 300 g/mol. The minimum Gasteiger partial charge on any atom is -0.389 e. The first-order valence-corrected chi connectivity index (χ1v) is 6.18. The summed E-state index contributed by atoms with van der Waals surface area (Å²) in [6.07, 6.45) is 0. The van der Waals surface area contributed by atoms with Gasteiger partial charge in [-0.05, 0) is 25.1 Å². The molecule has 0 bridgehead atoms. The topological polar surface area (TPSA) is 69.9 Å². The zero-order valence-corrected chi connectivity index (χ0v) is 11.8. The number of aromatic nitrogens is 2. The number of nitrogens with two attached hydrogens (primary N) is 2. The number of halogens is 2. The molecule has 1 aromatic heterocycles. The molecule has 7 heteroatoms. The van der Waals surface area contributed by atoms with E-state index >= 15 is 0 Å². The fourth-order valence-electron chi connectivity index (χ4n) is 1.69. The Labute approximate surface area is 119 Å². The number of rotatable bonds is 2. The summed E-state index contributed by atoms with van der Waals surface area (Å²) in [5.74, 6) is 0.365. The molecule has 0 saturated heterocycles. The molecule has 18 heavy (non-hydrogen) atoms. The Bertz CT molecular complexity index is 636. The van der Waals surface area contributed by atoms with E-state index in [1.54, 1.807) is 25.1 Å². The van der Waals surface area contributed by atoms with E-state index in [2.05, 4.69) is 5.10 Å². The molecule has 0 aliphatic rings. The van der Waals surface area contributed by atoms with Gasteiger partial charge in [-0.2, -0.15) is 5.10 Å². The first kappa shape index (κ1) is 13.1. The van der Waals surface area contributed by atoms with Gasteiger partial charge >= 0.3 is 0 Å². The van der Waals surface area contributed by atoms with Gasteiger partial charge in [-0.3, -0.25) is 0 Å². The van der Waals surface area contributed by atoms with Crippen LogP contribution in [-0.2, 0) is 0 Å². The van der Waals surface area contributed by atoms with E-state index in [9.17, 15) is 0 Å². The lowest BCUT2D eigenvalue weighted by Gasteiger charge is -2.07. The van der Waals surface area contributed by atoms with Crippen LogP contribution in [0.25, 0.3) is 5.69 Å². The maximum absolute atomic E-state index is 6.11. The predicted octanol–water partition coefficient (Wildman–Crippen LogP) is 2.70. The lowest BCUT2D eigenvalue weighted by atomic mass is 10.2. The van der Waals surface area contributed by atoms with Crippen molar-refractivity contribution < 1.29 is 0 Å². The van der Waals surface area contributed by atoms with E-state index in [0.29, 0.717) is 32.8 Å². The first-order chi connectivity index (χ1) is 8.41. The normalized spacial score (nSPS) is 10.6. The summed E-state index contributed by atoms with van der Waals surface area (Å²) >= 11 is 16.9. The molecule has 0 amide bonds. The summed E-state index contributed by atoms with van der Waals surface area (Å²) in [7, 11) is 0. The molecular formula is C11H10Cl2N4S. The van der Waals surface area contributed by atoms with Crippen molar-refractivity contribution >= 4 is 46.2 Å². The van der Waals surface area contributed by atoms with Gasteiger partial charge in [0.25, 0.3) is 0 Å². The number of aryl methyl sites for hydroxylation is 1. The predicted molar refractivity (Wildman–Crippen MR) is 78.6 cm³/mol. The van der Waals surface area contributed by atoms with Crippen LogP contribution in [0.3, 0.4) is 0 Å². The van der Waals surface area contributed by atoms with Crippen molar-refractivity contribution in [2.45, 2.75) is 6.92 Å². The fraction of sp³-hybridized carbons (Fsp3) is 0.0909. The number of nitrogens with zero attached hydrogens (tertiary/aromatic N) is 2. The summed E-state index contributed by atoms with van der Waals surface area (Å²) in [6.45, 7) is 1.78. The quantitative estimate of drug-likeness (QED) is 0.837. The van der Waals surface area contributed by atoms with Gasteiger partial charge < -0.3 is 11.5 Å². The second-order valence-corrected chi connectivity index (χ2v) is 5.00. The number of hydrogen-bond donors (Lipinski definition) is 2. The van der Waals surface area contributed by atoms with E-state index in [-0.39, 0.29) is 4.99 Å². The Morgan fingerprint density at radius 2 is 2.06 bits per heavy atom. The highest BCUT2D eigenvalue weighted by atomic mass is 35.5. The Balaban J connectivity index is 2.65. The molecule has 0 fully saturated rings. The van der Waals surface area contributed by atoms with Crippen LogP contribution in [0.15, 0.2) is 18.2 Å². The molecule has 0 radical (unpaired) electrons. The van der Waals surface area contributed by atoms with Crippen LogP contribution in [0.5, 0.6) is 0 Å². The zero-order chi connectivity index (χ0) is 13.4. The molecule has 2 rings (SSSR count). The van der Waals surface area contributed by atoms with Gasteiger partial charge in [0.2, 0.25) is 0 Å². The minimum absolute atomic E-state index is 0.210. The third kappa shape index (κ3) is 2.16. The van der Waals surface area contributed by atoms with E-state index in [0.717, 1.165) is 0 Å². The van der Waals surface area contributed by atoms with E-state index in [4.69, 9.17) is 46.9 Å². The maximum atomic E-state index is 6.11. The third-order valence-electron chi connectivity index (χ3n) is 2.48. The molecular weight excluding hydrogens is 291 g/mol. The highest BCUT2D eigenvalue weighted by molar-refractivity contribution is 7.80. The highest BCUT2D eigenvalue weighted by Crippen LogP contribution is 2.28. The van der Waals surface area contributed by atoms with Crippen molar-refractivity contribution in [1.29, 1.82) is 0 Å². The number of anilines is 1. The van der Waals surface area contributed by atoms with Crippen LogP contribution in [0.1, 0.15) is 11.3 Å². The maximum Gasteiger partial charge on any atom is 0.137 e. The van der Waals surface area contributed by atoms with Crippen molar-refractivity contribution in [2.24, 2.45) is 5.73 Å². The standard InChI is InChI=1S/C11H10Cl2N4S/c1-5-9(11(15)18)10(14)17(16-5)8-3-2-6(12)4-7(8)13/h2-4H,14H2,1H3,(H2,15,18). The van der Waals surface area contributed by atoms with E-state index < -0.39 is 0 Å². The summed E-state index contributed by atoms with van der Waals surface area (Å²) < 4.78 is 1.50. The van der Waals surface area contributed by atoms with Gasteiger partial charge in [0.1, 0.15) is 10.8 Å². The SMILES string of the molecule is Cc1nn(-c2ccc(Cl)cc2Cl)c(N)c1C(N)=S. The summed E-state index contributed by atoms with van der Waals surface area (Å²) in [5, 5.41) is 5.28. The number of hydrogen-bond acceptors (Lipinski definition) is 3. The smallest absolute Gasteiger partial charge is 0.137 e. The molecule has 2 aromatic rings. The molecule has 0 unspecified atom stereocenters. The molecule has 0 aliphatic carbocycles. The number of benzene rings is 1. The molecule has 1 heterocycles. The highest BCUT2D eigenvalue weighted by Gasteiger charge is 2.17. The lowest BCUT2D eigenvalue weighted by molar-refractivity contribution is 0.872. The Morgan fingerprint density at radius 1 is 1.39 bits per heavy atom. The van der Waals surface area contributed by atoms with E-state index in [1.165, 1.54) is 4.68 Å². The molecule has 0 aliphatic heterocycles. The average Bonchev–Trinajstić information content (AvgIpc) is 2.54. The van der Waals surface area contributed by atoms with Gasteiger partial charge in [0.15, 0.2) is 0 Å². The van der Waals surface area contributed by atoms with Crippen molar-refractivity contribution in [2.75, 3.05) is 5.73 Å². The Morgan fingerprint density at radius 3 is 2.56 bits per heavy atom. The van der Waals surface area contributed by atoms with Gasteiger partial charge in [0, 0.05) is 5.02 Å². The molecule has 0 spiro atoms. The molecule has 0 saturated carbocycles. The van der Waals surface area contributed by atoms with E-state index in [1.807, 2.05) is 0 Å². The Kier molecular flexibility index (Phi) is 3.47. The minimum atomic E-state index is 0.210. The largest absolute Gasteiger partial charge is 0.389 e. The van der Waals surface area contributed by atoms with Crippen molar-refractivity contribution in [3.05, 3.63) is 39.5 Å². The van der Waals surface area contributed by atoms with Crippen LogP contribution in [0.2, 0.25) is 10.0 Å². The van der Waals surface area contributed by atoms with Gasteiger partial charge in [0.05, 0.1) is 22.0 Å². The first-order valence-electron chi connectivity index (χ1n) is 5.02. The van der Waals surface area contributed by atoms with Crippen LogP contribution in [0.4, 0.5) is 5.82 Å². The summed E-state index contributed by atoms with van der Waals surface area (Å²) in [6, 6.07) is 5.06. The van der Waals surface area contributed by atoms with Crippen LogP contribution in [0, 0.1) is 6.92 Å². The van der Waals surface area contributed by atoms with Crippen LogP contribution in [-0.4, -0.2) is 14.8 Å². The molecule has 0 atom stereocenters. The third-order valence-corrected chi connectivity index (χ3v) is 3.22. The second-order valence-electron chi connectivity index (χ2n) is 3.72. The molecule has 4 nitrogen and oxygen atoms in total. The van der Waals surface area contributed by atoms with Crippen LogP contribution < -0.4 is 11.5 Å². The number of nitrogen functional groups attached to an aromatic ring is 1. The van der Waals surface area contributed by atoms with Crippen molar-refractivity contribution in [3.8, 4) is 5.69 Å². The number of thiocarbonyl (C=S) groups is 1. The zero-order valence-electron chi connectivity index (χ0n) is 9.45. The fourth-order valence-corrected chi connectivity index (χ4v) is 2.43.